The number of carbonyl (C=O) groups is 1. The van der Waals surface area contributed by atoms with Gasteiger partial charge >= 0.3 is 0 Å². The minimum Gasteiger partial charge on any atom is -0.483 e. The van der Waals surface area contributed by atoms with Crippen LogP contribution in [0.3, 0.4) is 0 Å². The van der Waals surface area contributed by atoms with Gasteiger partial charge in [-0.05, 0) is 57.4 Å². The Morgan fingerprint density at radius 3 is 2.54 bits per heavy atom. The Morgan fingerprint density at radius 2 is 1.81 bits per heavy atom. The summed E-state index contributed by atoms with van der Waals surface area (Å²) in [4.78, 5) is 12.1. The number of hydrogen-bond donors (Lipinski definition) is 1. The first-order valence-corrected chi connectivity index (χ1v) is 8.73. The van der Waals surface area contributed by atoms with Gasteiger partial charge in [0, 0.05) is 5.69 Å². The van der Waals surface area contributed by atoms with Gasteiger partial charge in [0.2, 0.25) is 0 Å². The molecule has 3 aromatic rings. The van der Waals surface area contributed by atoms with Crippen LogP contribution in [0.1, 0.15) is 5.56 Å². The van der Waals surface area contributed by atoms with Gasteiger partial charge < -0.3 is 10.1 Å². The molecule has 0 saturated heterocycles. The maximum absolute atomic E-state index is 12.1. The van der Waals surface area contributed by atoms with E-state index in [0.717, 1.165) is 15.6 Å². The SMILES string of the molecule is N#Cc1cccc(NC(=O)COc2ccc(-c3ccccc3)cc2Br)c1. The number of nitrogens with zero attached hydrogens (tertiary/aromatic N) is 1. The normalized spacial score (nSPS) is 10.0. The molecule has 0 saturated carbocycles. The fraction of sp³-hybridized carbons (Fsp3) is 0.0476. The second-order valence-corrected chi connectivity index (χ2v) is 6.40. The number of amides is 1. The number of nitriles is 1. The number of halogens is 1. The summed E-state index contributed by atoms with van der Waals surface area (Å²) in [6.45, 7) is -0.125. The second-order valence-electron chi connectivity index (χ2n) is 5.54. The van der Waals surface area contributed by atoms with Gasteiger partial charge in [0.15, 0.2) is 6.61 Å². The third kappa shape index (κ3) is 4.50. The first kappa shape index (κ1) is 17.7. The van der Waals surface area contributed by atoms with Crippen molar-refractivity contribution in [3.63, 3.8) is 0 Å². The molecule has 0 unspecified atom stereocenters. The molecule has 0 bridgehead atoms. The Kier molecular flexibility index (Phi) is 5.67. The molecule has 3 aromatic carbocycles. The zero-order valence-corrected chi connectivity index (χ0v) is 15.4. The summed E-state index contributed by atoms with van der Waals surface area (Å²) in [5.41, 5.74) is 3.22. The Hall–Kier alpha value is -3.10. The molecule has 0 radical (unpaired) electrons. The van der Waals surface area contributed by atoms with Gasteiger partial charge in [0.1, 0.15) is 5.75 Å². The fourth-order valence-corrected chi connectivity index (χ4v) is 2.93. The molecule has 0 fully saturated rings. The van der Waals surface area contributed by atoms with Crippen molar-refractivity contribution in [3.05, 3.63) is 82.8 Å². The molecule has 0 aliphatic rings. The predicted octanol–water partition coefficient (Wildman–Crippen LogP) is 5.01. The van der Waals surface area contributed by atoms with Crippen LogP contribution in [0, 0.1) is 11.3 Å². The summed E-state index contributed by atoms with van der Waals surface area (Å²) in [7, 11) is 0. The summed E-state index contributed by atoms with van der Waals surface area (Å²) in [6.07, 6.45) is 0. The molecule has 0 heterocycles. The van der Waals surface area contributed by atoms with Crippen LogP contribution in [0.15, 0.2) is 77.3 Å². The standard InChI is InChI=1S/C21H15BrN2O2/c22-19-12-17(16-6-2-1-3-7-16)9-10-20(19)26-14-21(25)24-18-8-4-5-15(11-18)13-23/h1-12H,14H2,(H,24,25). The molecule has 1 amide bonds. The lowest BCUT2D eigenvalue weighted by atomic mass is 10.1. The van der Waals surface area contributed by atoms with Crippen molar-refractivity contribution < 1.29 is 9.53 Å². The highest BCUT2D eigenvalue weighted by Crippen LogP contribution is 2.30. The van der Waals surface area contributed by atoms with E-state index in [0.29, 0.717) is 17.0 Å². The van der Waals surface area contributed by atoms with Gasteiger partial charge in [-0.2, -0.15) is 5.26 Å². The van der Waals surface area contributed by atoms with Gasteiger partial charge in [-0.25, -0.2) is 0 Å². The summed E-state index contributed by atoms with van der Waals surface area (Å²) in [5, 5.41) is 11.6. The van der Waals surface area contributed by atoms with Gasteiger partial charge in [-0.3, -0.25) is 4.79 Å². The van der Waals surface area contributed by atoms with Crippen LogP contribution >= 0.6 is 15.9 Å². The van der Waals surface area contributed by atoms with Crippen molar-refractivity contribution in [3.8, 4) is 22.9 Å². The fourth-order valence-electron chi connectivity index (χ4n) is 2.43. The zero-order chi connectivity index (χ0) is 18.4. The molecular weight excluding hydrogens is 392 g/mol. The number of hydrogen-bond acceptors (Lipinski definition) is 3. The molecule has 0 aliphatic heterocycles. The summed E-state index contributed by atoms with van der Waals surface area (Å²) >= 11 is 3.49. The summed E-state index contributed by atoms with van der Waals surface area (Å²) in [6, 6.07) is 24.5. The van der Waals surface area contributed by atoms with E-state index in [9.17, 15) is 4.79 Å². The van der Waals surface area contributed by atoms with Crippen molar-refractivity contribution in [1.29, 1.82) is 5.26 Å². The number of rotatable bonds is 5. The quantitative estimate of drug-likeness (QED) is 0.647. The average Bonchev–Trinajstić information content (AvgIpc) is 2.68. The second kappa shape index (κ2) is 8.32. The van der Waals surface area contributed by atoms with Crippen LogP contribution < -0.4 is 10.1 Å². The number of ether oxygens (including phenoxy) is 1. The Bertz CT molecular complexity index is 965. The molecule has 0 spiro atoms. The van der Waals surface area contributed by atoms with E-state index >= 15 is 0 Å². The van der Waals surface area contributed by atoms with Crippen molar-refractivity contribution in [1.82, 2.24) is 0 Å². The predicted molar refractivity (Wildman–Crippen MR) is 105 cm³/mol. The number of benzene rings is 3. The minimum atomic E-state index is -0.292. The maximum Gasteiger partial charge on any atom is 0.262 e. The molecule has 3 rings (SSSR count). The van der Waals surface area contributed by atoms with E-state index in [1.807, 2.05) is 54.6 Å². The lowest BCUT2D eigenvalue weighted by Gasteiger charge is -2.10. The minimum absolute atomic E-state index is 0.125. The van der Waals surface area contributed by atoms with Crippen LogP contribution in [0.2, 0.25) is 0 Å². The molecule has 128 valence electrons. The van der Waals surface area contributed by atoms with Gasteiger partial charge in [-0.1, -0.05) is 42.5 Å². The maximum atomic E-state index is 12.1. The molecule has 1 N–H and O–H groups in total. The molecule has 4 nitrogen and oxygen atoms in total. The molecule has 26 heavy (non-hydrogen) atoms. The third-order valence-corrected chi connectivity index (χ3v) is 4.29. The zero-order valence-electron chi connectivity index (χ0n) is 13.8. The highest BCUT2D eigenvalue weighted by molar-refractivity contribution is 9.10. The third-order valence-electron chi connectivity index (χ3n) is 3.67. The van der Waals surface area contributed by atoms with Gasteiger partial charge in [0.05, 0.1) is 16.1 Å². The lowest BCUT2D eigenvalue weighted by Crippen LogP contribution is -2.20. The average molecular weight is 407 g/mol. The number of nitrogens with one attached hydrogen (secondary N) is 1. The van der Waals surface area contributed by atoms with Crippen LogP contribution in [0.4, 0.5) is 5.69 Å². The smallest absolute Gasteiger partial charge is 0.262 e. The van der Waals surface area contributed by atoms with E-state index < -0.39 is 0 Å². The Labute approximate surface area is 160 Å². The lowest BCUT2D eigenvalue weighted by molar-refractivity contribution is -0.118. The number of anilines is 1. The van der Waals surface area contributed by atoms with Crippen LogP contribution in [-0.2, 0) is 4.79 Å². The van der Waals surface area contributed by atoms with E-state index in [4.69, 9.17) is 10.00 Å². The Balaban J connectivity index is 1.62. The molecule has 0 aliphatic carbocycles. The van der Waals surface area contributed by atoms with E-state index in [-0.39, 0.29) is 12.5 Å². The first-order chi connectivity index (χ1) is 12.7. The number of carbonyl (C=O) groups excluding carboxylic acids is 1. The van der Waals surface area contributed by atoms with Crippen molar-refractivity contribution in [2.45, 2.75) is 0 Å². The first-order valence-electron chi connectivity index (χ1n) is 7.93. The van der Waals surface area contributed by atoms with Crippen LogP contribution in [-0.4, -0.2) is 12.5 Å². The molecular formula is C21H15BrN2O2. The van der Waals surface area contributed by atoms with Crippen LogP contribution in [0.25, 0.3) is 11.1 Å². The van der Waals surface area contributed by atoms with Gasteiger partial charge in [-0.15, -0.1) is 0 Å². The van der Waals surface area contributed by atoms with E-state index in [1.54, 1.807) is 24.3 Å². The highest BCUT2D eigenvalue weighted by atomic mass is 79.9. The summed E-state index contributed by atoms with van der Waals surface area (Å²) in [5.74, 6) is 0.296. The van der Waals surface area contributed by atoms with Crippen molar-refractivity contribution in [2.75, 3.05) is 11.9 Å². The van der Waals surface area contributed by atoms with E-state index in [1.165, 1.54) is 0 Å². The van der Waals surface area contributed by atoms with Crippen molar-refractivity contribution in [2.24, 2.45) is 0 Å². The highest BCUT2D eigenvalue weighted by Gasteiger charge is 2.08. The largest absolute Gasteiger partial charge is 0.483 e. The molecule has 0 atom stereocenters. The summed E-state index contributed by atoms with van der Waals surface area (Å²) < 4.78 is 6.37. The molecule has 0 aromatic heterocycles. The molecule has 5 heteroatoms. The van der Waals surface area contributed by atoms with Gasteiger partial charge in [0.25, 0.3) is 5.91 Å². The van der Waals surface area contributed by atoms with E-state index in [2.05, 4.69) is 21.2 Å². The monoisotopic (exact) mass is 406 g/mol. The topological polar surface area (TPSA) is 62.1 Å². The van der Waals surface area contributed by atoms with Crippen molar-refractivity contribution >= 4 is 27.5 Å². The Morgan fingerprint density at radius 1 is 1.00 bits per heavy atom. The van der Waals surface area contributed by atoms with Crippen LogP contribution in [0.5, 0.6) is 5.75 Å².